The average Bonchev–Trinajstić information content (AvgIpc) is 2.56. The van der Waals surface area contributed by atoms with Crippen molar-refractivity contribution in [2.24, 2.45) is 5.92 Å². The van der Waals surface area contributed by atoms with Gasteiger partial charge in [-0.05, 0) is 24.5 Å². The van der Waals surface area contributed by atoms with Crippen LogP contribution in [0.1, 0.15) is 19.1 Å². The molecule has 0 fully saturated rings. The van der Waals surface area contributed by atoms with Crippen LogP contribution in [0.25, 0.3) is 0 Å². The van der Waals surface area contributed by atoms with Crippen LogP contribution < -0.4 is 0 Å². The number of ether oxygens (including phenoxy) is 1. The van der Waals surface area contributed by atoms with Gasteiger partial charge in [0.15, 0.2) is 0 Å². The third-order valence-electron chi connectivity index (χ3n) is 2.14. The lowest BCUT2D eigenvalue weighted by Gasteiger charge is -2.14. The summed E-state index contributed by atoms with van der Waals surface area (Å²) >= 11 is 0. The molecule has 0 aliphatic rings. The summed E-state index contributed by atoms with van der Waals surface area (Å²) in [5.41, 5.74) is 0. The van der Waals surface area contributed by atoms with Crippen LogP contribution in [0.4, 0.5) is 0 Å². The van der Waals surface area contributed by atoms with E-state index in [9.17, 15) is 5.11 Å². The van der Waals surface area contributed by atoms with Crippen molar-refractivity contribution in [1.82, 2.24) is 0 Å². The molecule has 2 unspecified atom stereocenters. The Morgan fingerprint density at radius 1 is 1.57 bits per heavy atom. The molecule has 1 aromatic heterocycles. The number of hydrogen-bond donors (Lipinski definition) is 1. The zero-order valence-corrected chi connectivity index (χ0v) is 8.77. The monoisotopic (exact) mass is 198 g/mol. The van der Waals surface area contributed by atoms with E-state index < -0.39 is 0 Å². The van der Waals surface area contributed by atoms with E-state index in [-0.39, 0.29) is 6.10 Å². The Hall–Kier alpha value is -0.800. The Morgan fingerprint density at radius 2 is 2.36 bits per heavy atom. The minimum absolute atomic E-state index is 0.341. The van der Waals surface area contributed by atoms with Crippen molar-refractivity contribution in [3.05, 3.63) is 24.2 Å². The predicted octanol–water partition coefficient (Wildman–Crippen LogP) is 1.86. The number of aliphatic hydroxyl groups excluding tert-OH is 1. The van der Waals surface area contributed by atoms with Crippen LogP contribution in [0.5, 0.6) is 0 Å². The van der Waals surface area contributed by atoms with Gasteiger partial charge in [-0.1, -0.05) is 6.92 Å². The van der Waals surface area contributed by atoms with Gasteiger partial charge in [-0.3, -0.25) is 0 Å². The van der Waals surface area contributed by atoms with E-state index in [1.165, 1.54) is 0 Å². The Kier molecular flexibility index (Phi) is 4.70. The first-order valence-corrected chi connectivity index (χ1v) is 4.91. The van der Waals surface area contributed by atoms with E-state index in [0.717, 1.165) is 12.2 Å². The number of rotatable bonds is 6. The second-order valence-electron chi connectivity index (χ2n) is 3.73. The largest absolute Gasteiger partial charge is 0.469 e. The topological polar surface area (TPSA) is 42.6 Å². The van der Waals surface area contributed by atoms with Crippen LogP contribution in [0.2, 0.25) is 0 Å². The molecule has 1 rings (SSSR count). The highest BCUT2D eigenvalue weighted by atomic mass is 16.5. The molecule has 3 heteroatoms. The van der Waals surface area contributed by atoms with Gasteiger partial charge in [0, 0.05) is 20.1 Å². The molecule has 0 aliphatic heterocycles. The first kappa shape index (κ1) is 11.3. The minimum atomic E-state index is -0.341. The highest BCUT2D eigenvalue weighted by Crippen LogP contribution is 2.11. The van der Waals surface area contributed by atoms with Crippen LogP contribution in [0.3, 0.4) is 0 Å². The molecule has 1 heterocycles. The third-order valence-corrected chi connectivity index (χ3v) is 2.14. The van der Waals surface area contributed by atoms with Gasteiger partial charge in [-0.15, -0.1) is 0 Å². The summed E-state index contributed by atoms with van der Waals surface area (Å²) < 4.78 is 10.2. The maximum absolute atomic E-state index is 9.70. The molecule has 3 nitrogen and oxygen atoms in total. The lowest BCUT2D eigenvalue weighted by atomic mass is 10.0. The number of aliphatic hydroxyl groups is 1. The van der Waals surface area contributed by atoms with E-state index >= 15 is 0 Å². The van der Waals surface area contributed by atoms with Gasteiger partial charge in [0.25, 0.3) is 0 Å². The van der Waals surface area contributed by atoms with Crippen LogP contribution in [-0.4, -0.2) is 24.9 Å². The normalized spacial score (nSPS) is 15.4. The number of furan rings is 1. The molecule has 0 saturated heterocycles. The molecular weight excluding hydrogens is 180 g/mol. The predicted molar refractivity (Wildman–Crippen MR) is 54.1 cm³/mol. The molecule has 14 heavy (non-hydrogen) atoms. The summed E-state index contributed by atoms with van der Waals surface area (Å²) in [6, 6.07) is 3.71. The van der Waals surface area contributed by atoms with Gasteiger partial charge in [-0.25, -0.2) is 0 Å². The van der Waals surface area contributed by atoms with Crippen molar-refractivity contribution < 1.29 is 14.3 Å². The molecule has 0 aromatic carbocycles. The Labute approximate surface area is 84.7 Å². The minimum Gasteiger partial charge on any atom is -0.469 e. The second-order valence-corrected chi connectivity index (χ2v) is 3.73. The molecule has 2 atom stereocenters. The molecule has 0 saturated carbocycles. The zero-order valence-electron chi connectivity index (χ0n) is 8.77. The van der Waals surface area contributed by atoms with Gasteiger partial charge < -0.3 is 14.3 Å². The van der Waals surface area contributed by atoms with Gasteiger partial charge in [0.1, 0.15) is 5.76 Å². The lowest BCUT2D eigenvalue weighted by molar-refractivity contribution is 0.0985. The van der Waals surface area contributed by atoms with E-state index in [1.807, 2.05) is 12.1 Å². The second kappa shape index (κ2) is 5.83. The van der Waals surface area contributed by atoms with E-state index in [2.05, 4.69) is 6.92 Å². The molecule has 0 aliphatic carbocycles. The summed E-state index contributed by atoms with van der Waals surface area (Å²) in [4.78, 5) is 0. The van der Waals surface area contributed by atoms with Crippen molar-refractivity contribution in [1.29, 1.82) is 0 Å². The maximum Gasteiger partial charge on any atom is 0.106 e. The number of methoxy groups -OCH3 is 1. The number of hydrogen-bond acceptors (Lipinski definition) is 3. The van der Waals surface area contributed by atoms with E-state index in [0.29, 0.717) is 18.9 Å². The zero-order chi connectivity index (χ0) is 10.4. The van der Waals surface area contributed by atoms with E-state index in [4.69, 9.17) is 9.15 Å². The third kappa shape index (κ3) is 3.94. The molecule has 80 valence electrons. The summed E-state index contributed by atoms with van der Waals surface area (Å²) in [6.07, 6.45) is 2.61. The first-order valence-electron chi connectivity index (χ1n) is 4.91. The van der Waals surface area contributed by atoms with Gasteiger partial charge in [-0.2, -0.15) is 0 Å². The SMILES string of the molecule is COCC(C)CC(O)Cc1ccco1. The first-order chi connectivity index (χ1) is 6.72. The van der Waals surface area contributed by atoms with Crippen LogP contribution in [0.15, 0.2) is 22.8 Å². The molecule has 0 amide bonds. The fourth-order valence-corrected chi connectivity index (χ4v) is 1.56. The Bertz CT molecular complexity index is 231. The van der Waals surface area contributed by atoms with Gasteiger partial charge >= 0.3 is 0 Å². The van der Waals surface area contributed by atoms with Gasteiger partial charge in [0.2, 0.25) is 0 Å². The molecule has 0 spiro atoms. The fourth-order valence-electron chi connectivity index (χ4n) is 1.56. The highest BCUT2D eigenvalue weighted by molar-refractivity contribution is 4.99. The lowest BCUT2D eigenvalue weighted by Crippen LogP contribution is -2.17. The summed E-state index contributed by atoms with van der Waals surface area (Å²) in [5.74, 6) is 1.21. The van der Waals surface area contributed by atoms with Crippen molar-refractivity contribution in [2.45, 2.75) is 25.9 Å². The van der Waals surface area contributed by atoms with Crippen molar-refractivity contribution in [3.63, 3.8) is 0 Å². The molecule has 0 bridgehead atoms. The standard InChI is InChI=1S/C11H18O3/c1-9(8-13-2)6-10(12)7-11-4-3-5-14-11/h3-5,9-10,12H,6-8H2,1-2H3. The van der Waals surface area contributed by atoms with Crippen molar-refractivity contribution >= 4 is 0 Å². The van der Waals surface area contributed by atoms with Crippen LogP contribution >= 0.6 is 0 Å². The smallest absolute Gasteiger partial charge is 0.106 e. The molecule has 1 aromatic rings. The van der Waals surface area contributed by atoms with Crippen molar-refractivity contribution in [2.75, 3.05) is 13.7 Å². The quantitative estimate of drug-likeness (QED) is 0.758. The summed E-state index contributed by atoms with van der Waals surface area (Å²) in [5, 5.41) is 9.70. The Balaban J connectivity index is 2.25. The fraction of sp³-hybridized carbons (Fsp3) is 0.636. The average molecular weight is 198 g/mol. The summed E-state index contributed by atoms with van der Waals surface area (Å²) in [7, 11) is 1.68. The van der Waals surface area contributed by atoms with Crippen LogP contribution in [-0.2, 0) is 11.2 Å². The molecule has 1 N–H and O–H groups in total. The highest BCUT2D eigenvalue weighted by Gasteiger charge is 2.12. The van der Waals surface area contributed by atoms with Crippen molar-refractivity contribution in [3.8, 4) is 0 Å². The van der Waals surface area contributed by atoms with Crippen LogP contribution in [0, 0.1) is 5.92 Å². The van der Waals surface area contributed by atoms with Gasteiger partial charge in [0.05, 0.1) is 12.4 Å². The summed E-state index contributed by atoms with van der Waals surface area (Å²) in [6.45, 7) is 2.75. The Morgan fingerprint density at radius 3 is 2.93 bits per heavy atom. The molecular formula is C11H18O3. The molecule has 0 radical (unpaired) electrons. The van der Waals surface area contributed by atoms with E-state index in [1.54, 1.807) is 13.4 Å². The maximum atomic E-state index is 9.70.